The summed E-state index contributed by atoms with van der Waals surface area (Å²) in [4.78, 5) is 12.4. The zero-order valence-corrected chi connectivity index (χ0v) is 12.6. The molecule has 4 nitrogen and oxygen atoms in total. The second kappa shape index (κ2) is 6.09. The van der Waals surface area contributed by atoms with Crippen LogP contribution in [0.4, 0.5) is 0 Å². The van der Waals surface area contributed by atoms with Crippen molar-refractivity contribution >= 4 is 17.5 Å². The average Bonchev–Trinajstić information content (AvgIpc) is 2.75. The number of aromatic amines is 1. The SMILES string of the molecule is CCC(NC(=O)c1c(C)n[nH]c1C)c1cccc(Cl)c1. The first kappa shape index (κ1) is 14.6. The summed E-state index contributed by atoms with van der Waals surface area (Å²) < 4.78 is 0. The van der Waals surface area contributed by atoms with Crippen molar-refractivity contribution in [3.05, 3.63) is 51.8 Å². The van der Waals surface area contributed by atoms with Gasteiger partial charge in [-0.1, -0.05) is 30.7 Å². The summed E-state index contributed by atoms with van der Waals surface area (Å²) in [6.45, 7) is 5.69. The summed E-state index contributed by atoms with van der Waals surface area (Å²) >= 11 is 6.00. The molecule has 0 saturated carbocycles. The van der Waals surface area contributed by atoms with Gasteiger partial charge >= 0.3 is 0 Å². The van der Waals surface area contributed by atoms with E-state index in [1.54, 1.807) is 0 Å². The van der Waals surface area contributed by atoms with E-state index in [-0.39, 0.29) is 11.9 Å². The molecule has 106 valence electrons. The van der Waals surface area contributed by atoms with E-state index in [1.165, 1.54) is 0 Å². The van der Waals surface area contributed by atoms with Gasteiger partial charge in [0.25, 0.3) is 5.91 Å². The Morgan fingerprint density at radius 2 is 2.20 bits per heavy atom. The molecule has 1 aromatic heterocycles. The van der Waals surface area contributed by atoms with Gasteiger partial charge in [0.2, 0.25) is 0 Å². The summed E-state index contributed by atoms with van der Waals surface area (Å²) in [5.41, 5.74) is 3.11. The van der Waals surface area contributed by atoms with E-state index < -0.39 is 0 Å². The number of nitrogens with one attached hydrogen (secondary N) is 2. The first-order chi connectivity index (χ1) is 9.52. The molecule has 1 aromatic carbocycles. The fraction of sp³-hybridized carbons (Fsp3) is 0.333. The number of hydrogen-bond acceptors (Lipinski definition) is 2. The van der Waals surface area contributed by atoms with Gasteiger partial charge in [-0.05, 0) is 38.0 Å². The largest absolute Gasteiger partial charge is 0.345 e. The van der Waals surface area contributed by atoms with Crippen LogP contribution in [-0.4, -0.2) is 16.1 Å². The van der Waals surface area contributed by atoms with Crippen molar-refractivity contribution in [2.24, 2.45) is 0 Å². The number of aryl methyl sites for hydroxylation is 2. The molecular formula is C15H18ClN3O. The highest BCUT2D eigenvalue weighted by atomic mass is 35.5. The third kappa shape index (κ3) is 3.02. The van der Waals surface area contributed by atoms with Gasteiger partial charge in [0.1, 0.15) is 0 Å². The second-order valence-corrected chi connectivity index (χ2v) is 5.23. The Hall–Kier alpha value is -1.81. The van der Waals surface area contributed by atoms with E-state index in [0.717, 1.165) is 17.7 Å². The first-order valence-corrected chi connectivity index (χ1v) is 6.98. The Labute approximate surface area is 123 Å². The van der Waals surface area contributed by atoms with Gasteiger partial charge in [0.05, 0.1) is 17.3 Å². The van der Waals surface area contributed by atoms with Crippen LogP contribution in [-0.2, 0) is 0 Å². The van der Waals surface area contributed by atoms with E-state index >= 15 is 0 Å². The van der Waals surface area contributed by atoms with E-state index in [0.29, 0.717) is 16.3 Å². The number of halogens is 1. The average molecular weight is 292 g/mol. The number of carbonyl (C=O) groups excluding carboxylic acids is 1. The molecule has 0 radical (unpaired) electrons. The second-order valence-electron chi connectivity index (χ2n) is 4.80. The molecule has 1 amide bonds. The van der Waals surface area contributed by atoms with Gasteiger partial charge < -0.3 is 5.32 Å². The molecule has 0 aliphatic carbocycles. The van der Waals surface area contributed by atoms with Gasteiger partial charge in [-0.15, -0.1) is 0 Å². The molecule has 0 aliphatic heterocycles. The minimum absolute atomic E-state index is 0.0603. The summed E-state index contributed by atoms with van der Waals surface area (Å²) in [6.07, 6.45) is 0.794. The summed E-state index contributed by atoms with van der Waals surface area (Å²) in [5, 5.41) is 10.6. The quantitative estimate of drug-likeness (QED) is 0.905. The molecule has 0 aliphatic rings. The van der Waals surface area contributed by atoms with E-state index in [1.807, 2.05) is 45.0 Å². The maximum atomic E-state index is 12.4. The molecule has 2 N–H and O–H groups in total. The van der Waals surface area contributed by atoms with Crippen molar-refractivity contribution in [3.8, 4) is 0 Å². The molecule has 5 heteroatoms. The molecule has 1 heterocycles. The van der Waals surface area contributed by atoms with Crippen LogP contribution >= 0.6 is 11.6 Å². The molecule has 1 unspecified atom stereocenters. The molecule has 2 aromatic rings. The van der Waals surface area contributed by atoms with Crippen LogP contribution < -0.4 is 5.32 Å². The van der Waals surface area contributed by atoms with Crippen molar-refractivity contribution in [2.75, 3.05) is 0 Å². The minimum Gasteiger partial charge on any atom is -0.345 e. The normalized spacial score (nSPS) is 12.2. The highest BCUT2D eigenvalue weighted by Crippen LogP contribution is 2.21. The van der Waals surface area contributed by atoms with Gasteiger partial charge in [-0.3, -0.25) is 9.89 Å². The number of carbonyl (C=O) groups is 1. The minimum atomic E-state index is -0.111. The van der Waals surface area contributed by atoms with Crippen molar-refractivity contribution in [1.29, 1.82) is 0 Å². The van der Waals surface area contributed by atoms with Crippen LogP contribution in [0, 0.1) is 13.8 Å². The predicted octanol–water partition coefficient (Wildman–Crippen LogP) is 3.56. The number of amides is 1. The van der Waals surface area contributed by atoms with Crippen LogP contribution in [0.15, 0.2) is 24.3 Å². The van der Waals surface area contributed by atoms with Crippen molar-refractivity contribution in [1.82, 2.24) is 15.5 Å². The summed E-state index contributed by atoms with van der Waals surface area (Å²) in [6, 6.07) is 7.50. The molecule has 0 saturated heterocycles. The van der Waals surface area contributed by atoms with Crippen LogP contribution in [0.1, 0.15) is 46.7 Å². The van der Waals surface area contributed by atoms with Gasteiger partial charge in [0, 0.05) is 10.7 Å². The Bertz CT molecular complexity index is 602. The van der Waals surface area contributed by atoms with Gasteiger partial charge in [-0.25, -0.2) is 0 Å². The Balaban J connectivity index is 2.21. The third-order valence-electron chi connectivity index (χ3n) is 3.32. The smallest absolute Gasteiger partial charge is 0.255 e. The number of rotatable bonds is 4. The lowest BCUT2D eigenvalue weighted by atomic mass is 10.0. The summed E-state index contributed by atoms with van der Waals surface area (Å²) in [5.74, 6) is -0.111. The number of hydrogen-bond donors (Lipinski definition) is 2. The lowest BCUT2D eigenvalue weighted by Crippen LogP contribution is -2.28. The number of benzene rings is 1. The number of H-pyrrole nitrogens is 1. The molecule has 0 spiro atoms. The molecule has 1 atom stereocenters. The van der Waals surface area contributed by atoms with Gasteiger partial charge in [0.15, 0.2) is 0 Å². The molecule has 0 fully saturated rings. The molecule has 20 heavy (non-hydrogen) atoms. The highest BCUT2D eigenvalue weighted by Gasteiger charge is 2.19. The maximum Gasteiger partial charge on any atom is 0.255 e. The number of nitrogens with zero attached hydrogens (tertiary/aromatic N) is 1. The van der Waals surface area contributed by atoms with Crippen LogP contribution in [0.5, 0.6) is 0 Å². The zero-order chi connectivity index (χ0) is 14.7. The first-order valence-electron chi connectivity index (χ1n) is 6.60. The van der Waals surface area contributed by atoms with E-state index in [9.17, 15) is 4.79 Å². The standard InChI is InChI=1S/C15H18ClN3O/c1-4-13(11-6-5-7-12(16)8-11)17-15(20)14-9(2)18-19-10(14)3/h5-8,13H,4H2,1-3H3,(H,17,20)(H,18,19). The third-order valence-corrected chi connectivity index (χ3v) is 3.55. The van der Waals surface area contributed by atoms with E-state index in [2.05, 4.69) is 15.5 Å². The fourth-order valence-corrected chi connectivity index (χ4v) is 2.46. The highest BCUT2D eigenvalue weighted by molar-refractivity contribution is 6.30. The van der Waals surface area contributed by atoms with Gasteiger partial charge in [-0.2, -0.15) is 5.10 Å². The fourth-order valence-electron chi connectivity index (χ4n) is 2.26. The van der Waals surface area contributed by atoms with Crippen LogP contribution in [0.25, 0.3) is 0 Å². The predicted molar refractivity (Wildman–Crippen MR) is 80.0 cm³/mol. The lowest BCUT2D eigenvalue weighted by Gasteiger charge is -2.18. The zero-order valence-electron chi connectivity index (χ0n) is 11.8. The van der Waals surface area contributed by atoms with E-state index in [4.69, 9.17) is 11.6 Å². The van der Waals surface area contributed by atoms with Crippen molar-refractivity contribution < 1.29 is 4.79 Å². The lowest BCUT2D eigenvalue weighted by molar-refractivity contribution is 0.0934. The van der Waals surface area contributed by atoms with Crippen molar-refractivity contribution in [3.63, 3.8) is 0 Å². The van der Waals surface area contributed by atoms with Crippen molar-refractivity contribution in [2.45, 2.75) is 33.2 Å². The monoisotopic (exact) mass is 291 g/mol. The van der Waals surface area contributed by atoms with Crippen LogP contribution in [0.2, 0.25) is 5.02 Å². The maximum absolute atomic E-state index is 12.4. The Morgan fingerprint density at radius 3 is 2.75 bits per heavy atom. The topological polar surface area (TPSA) is 57.8 Å². The molecule has 0 bridgehead atoms. The molecule has 2 rings (SSSR count). The Morgan fingerprint density at radius 1 is 1.45 bits per heavy atom. The molecular weight excluding hydrogens is 274 g/mol. The number of aromatic nitrogens is 2. The Kier molecular flexibility index (Phi) is 4.45. The summed E-state index contributed by atoms with van der Waals surface area (Å²) in [7, 11) is 0. The van der Waals surface area contributed by atoms with Crippen LogP contribution in [0.3, 0.4) is 0 Å².